The third-order valence-electron chi connectivity index (χ3n) is 1.03. The lowest BCUT2D eigenvalue weighted by atomic mass is 10.5. The molecule has 0 fully saturated rings. The van der Waals surface area contributed by atoms with Gasteiger partial charge in [-0.15, -0.1) is 0 Å². The first-order valence-electron chi connectivity index (χ1n) is 3.71. The van der Waals surface area contributed by atoms with Gasteiger partial charge in [-0.3, -0.25) is 0 Å². The average Bonchev–Trinajstić information content (AvgIpc) is 1.98. The van der Waals surface area contributed by atoms with E-state index in [-0.39, 0.29) is 6.54 Å². The molecule has 0 saturated heterocycles. The lowest BCUT2D eigenvalue weighted by molar-refractivity contribution is 0.573. The summed E-state index contributed by atoms with van der Waals surface area (Å²) in [6.45, 7) is 2.79. The van der Waals surface area contributed by atoms with Gasteiger partial charge in [0.2, 0.25) is 0 Å². The van der Waals surface area contributed by atoms with Gasteiger partial charge in [0.25, 0.3) is 10.2 Å². The second kappa shape index (κ2) is 6.13. The summed E-state index contributed by atoms with van der Waals surface area (Å²) < 4.78 is 26.4. The van der Waals surface area contributed by atoms with E-state index in [4.69, 9.17) is 5.73 Å². The number of hydrogen-bond acceptors (Lipinski definition) is 3. The van der Waals surface area contributed by atoms with Crippen molar-refractivity contribution in [1.29, 1.82) is 0 Å². The van der Waals surface area contributed by atoms with E-state index in [1.807, 2.05) is 0 Å². The Kier molecular flexibility index (Phi) is 5.91. The van der Waals surface area contributed by atoms with Crippen molar-refractivity contribution in [2.75, 3.05) is 19.6 Å². The van der Waals surface area contributed by atoms with E-state index in [2.05, 4.69) is 9.44 Å². The van der Waals surface area contributed by atoms with Gasteiger partial charge in [-0.05, 0) is 0 Å². The van der Waals surface area contributed by atoms with Crippen molar-refractivity contribution < 1.29 is 8.42 Å². The minimum absolute atomic E-state index is 0.270. The van der Waals surface area contributed by atoms with Gasteiger partial charge in [-0.2, -0.15) is 13.1 Å². The molecule has 0 aromatic carbocycles. The molecule has 0 rings (SSSR count). The molecule has 0 aliphatic rings. The van der Waals surface area contributed by atoms with Crippen LogP contribution in [0.15, 0.2) is 12.2 Å². The predicted octanol–water partition coefficient (Wildman–Crippen LogP) is -1.05. The highest BCUT2D eigenvalue weighted by atomic mass is 32.2. The van der Waals surface area contributed by atoms with Crippen molar-refractivity contribution in [3.05, 3.63) is 12.2 Å². The Labute approximate surface area is 73.2 Å². The second-order valence-electron chi connectivity index (χ2n) is 2.06. The topological polar surface area (TPSA) is 84.2 Å². The molecule has 0 bridgehead atoms. The van der Waals surface area contributed by atoms with Crippen LogP contribution in [0.3, 0.4) is 0 Å². The van der Waals surface area contributed by atoms with Gasteiger partial charge >= 0.3 is 0 Å². The molecule has 0 heterocycles. The first-order chi connectivity index (χ1) is 5.62. The summed E-state index contributed by atoms with van der Waals surface area (Å²) in [4.78, 5) is 0. The number of nitrogens with one attached hydrogen (secondary N) is 2. The fourth-order valence-corrected chi connectivity index (χ4v) is 1.38. The molecule has 0 aromatic heterocycles. The molecule has 0 radical (unpaired) electrons. The molecule has 72 valence electrons. The Morgan fingerprint density at radius 3 is 2.50 bits per heavy atom. The van der Waals surface area contributed by atoms with Gasteiger partial charge in [0.1, 0.15) is 0 Å². The van der Waals surface area contributed by atoms with Crippen LogP contribution in [-0.4, -0.2) is 28.1 Å². The molecule has 12 heavy (non-hydrogen) atoms. The van der Waals surface area contributed by atoms with E-state index >= 15 is 0 Å². The smallest absolute Gasteiger partial charge is 0.277 e. The van der Waals surface area contributed by atoms with Crippen LogP contribution >= 0.6 is 0 Å². The number of nitrogens with two attached hydrogens (primary N) is 1. The normalized spacial score (nSPS) is 12.5. The Bertz CT molecular complexity index is 223. The molecule has 5 nitrogen and oxygen atoms in total. The first-order valence-corrected chi connectivity index (χ1v) is 5.20. The summed E-state index contributed by atoms with van der Waals surface area (Å²) in [5, 5.41) is 0. The molecule has 0 aromatic rings. The van der Waals surface area contributed by atoms with Gasteiger partial charge in [-0.1, -0.05) is 19.1 Å². The van der Waals surface area contributed by atoms with Gasteiger partial charge in [0.15, 0.2) is 0 Å². The van der Waals surface area contributed by atoms with Crippen molar-refractivity contribution in [1.82, 2.24) is 9.44 Å². The third kappa shape index (κ3) is 6.29. The Balaban J connectivity index is 3.69. The van der Waals surface area contributed by atoms with Crippen LogP contribution in [0, 0.1) is 0 Å². The fraction of sp³-hybridized carbons (Fsp3) is 0.667. The number of hydrogen-bond donors (Lipinski definition) is 3. The van der Waals surface area contributed by atoms with Crippen molar-refractivity contribution in [2.45, 2.75) is 6.92 Å². The Morgan fingerprint density at radius 2 is 2.00 bits per heavy atom. The van der Waals surface area contributed by atoms with Gasteiger partial charge in [0, 0.05) is 19.6 Å². The first kappa shape index (κ1) is 11.6. The zero-order valence-corrected chi connectivity index (χ0v) is 7.89. The van der Waals surface area contributed by atoms with Crippen LogP contribution in [0.1, 0.15) is 6.92 Å². The van der Waals surface area contributed by atoms with Crippen molar-refractivity contribution in [3.63, 3.8) is 0 Å². The number of rotatable bonds is 6. The van der Waals surface area contributed by atoms with Crippen molar-refractivity contribution >= 4 is 10.2 Å². The SMILES string of the molecule is CCNS(=O)(=O)NC/C=C/CN. The summed E-state index contributed by atoms with van der Waals surface area (Å²) in [5.74, 6) is 0. The summed E-state index contributed by atoms with van der Waals surface area (Å²) in [7, 11) is -3.30. The quantitative estimate of drug-likeness (QED) is 0.470. The van der Waals surface area contributed by atoms with E-state index in [1.54, 1.807) is 19.1 Å². The van der Waals surface area contributed by atoms with Gasteiger partial charge in [-0.25, -0.2) is 4.72 Å². The molecular formula is C6H15N3O2S. The summed E-state index contributed by atoms with van der Waals surface area (Å²) in [5.41, 5.74) is 5.16. The molecule has 0 amide bonds. The van der Waals surface area contributed by atoms with Crippen LogP contribution in [0.2, 0.25) is 0 Å². The maximum Gasteiger partial charge on any atom is 0.277 e. The van der Waals surface area contributed by atoms with Gasteiger partial charge < -0.3 is 5.73 Å². The van der Waals surface area contributed by atoms with Crippen LogP contribution in [-0.2, 0) is 10.2 Å². The Hall–Kier alpha value is -0.430. The van der Waals surface area contributed by atoms with Crippen LogP contribution < -0.4 is 15.2 Å². The predicted molar refractivity (Wildman–Crippen MR) is 48.8 cm³/mol. The summed E-state index contributed by atoms with van der Waals surface area (Å²) >= 11 is 0. The van der Waals surface area contributed by atoms with Crippen molar-refractivity contribution in [3.8, 4) is 0 Å². The molecule has 0 atom stereocenters. The average molecular weight is 193 g/mol. The molecule has 4 N–H and O–H groups in total. The highest BCUT2D eigenvalue weighted by molar-refractivity contribution is 7.87. The van der Waals surface area contributed by atoms with E-state index in [9.17, 15) is 8.42 Å². The highest BCUT2D eigenvalue weighted by Gasteiger charge is 2.03. The second-order valence-corrected chi connectivity index (χ2v) is 3.64. The molecular weight excluding hydrogens is 178 g/mol. The van der Waals surface area contributed by atoms with E-state index in [0.717, 1.165) is 0 Å². The molecule has 6 heteroatoms. The van der Waals surface area contributed by atoms with Crippen LogP contribution in [0.5, 0.6) is 0 Å². The fourth-order valence-electron chi connectivity index (χ4n) is 0.578. The van der Waals surface area contributed by atoms with Gasteiger partial charge in [0.05, 0.1) is 0 Å². The molecule has 0 unspecified atom stereocenters. The van der Waals surface area contributed by atoms with E-state index in [1.165, 1.54) is 0 Å². The van der Waals surface area contributed by atoms with Crippen molar-refractivity contribution in [2.24, 2.45) is 5.73 Å². The van der Waals surface area contributed by atoms with Crippen LogP contribution in [0.4, 0.5) is 0 Å². The summed E-state index contributed by atoms with van der Waals surface area (Å²) in [6.07, 6.45) is 3.35. The highest BCUT2D eigenvalue weighted by Crippen LogP contribution is 1.75. The molecule has 0 saturated carbocycles. The standard InChI is InChI=1S/C6H15N3O2S/c1-2-8-12(10,11)9-6-4-3-5-7/h3-4,8-9H,2,5-7H2,1H3/b4-3+. The lowest BCUT2D eigenvalue weighted by Gasteiger charge is -2.02. The maximum absolute atomic E-state index is 10.9. The largest absolute Gasteiger partial charge is 0.327 e. The monoisotopic (exact) mass is 193 g/mol. The minimum Gasteiger partial charge on any atom is -0.327 e. The molecule has 0 spiro atoms. The third-order valence-corrected chi connectivity index (χ3v) is 2.24. The Morgan fingerprint density at radius 1 is 1.33 bits per heavy atom. The minimum atomic E-state index is -3.30. The maximum atomic E-state index is 10.9. The van der Waals surface area contributed by atoms with Crippen LogP contribution in [0.25, 0.3) is 0 Å². The molecule has 0 aliphatic carbocycles. The van der Waals surface area contributed by atoms with E-state index < -0.39 is 10.2 Å². The zero-order chi connectivity index (χ0) is 9.45. The lowest BCUT2D eigenvalue weighted by Crippen LogP contribution is -2.36. The molecule has 0 aliphatic heterocycles. The van der Waals surface area contributed by atoms with E-state index in [0.29, 0.717) is 13.1 Å². The summed E-state index contributed by atoms with van der Waals surface area (Å²) in [6, 6.07) is 0. The zero-order valence-electron chi connectivity index (χ0n) is 7.08.